The van der Waals surface area contributed by atoms with Gasteiger partial charge in [0.15, 0.2) is 0 Å². The van der Waals surface area contributed by atoms with Crippen LogP contribution in [0.4, 0.5) is 5.69 Å². The number of amides is 1. The molecule has 0 aliphatic rings. The largest absolute Gasteiger partial charge is 0.318 e. The van der Waals surface area contributed by atoms with E-state index in [1.807, 2.05) is 27.7 Å². The van der Waals surface area contributed by atoms with Crippen LogP contribution >= 0.6 is 0 Å². The van der Waals surface area contributed by atoms with Crippen molar-refractivity contribution in [3.63, 3.8) is 0 Å². The lowest BCUT2D eigenvalue weighted by molar-refractivity contribution is 0.101. The predicted octanol–water partition coefficient (Wildman–Crippen LogP) is 1.54. The highest BCUT2D eigenvalue weighted by Crippen LogP contribution is 2.17. The van der Waals surface area contributed by atoms with Gasteiger partial charge in [-0.25, -0.2) is 4.98 Å². The Labute approximate surface area is 122 Å². The topological polar surface area (TPSA) is 92.7 Å². The number of aromatic amines is 1. The molecule has 2 rings (SSSR count). The first-order chi connectivity index (χ1) is 9.81. The summed E-state index contributed by atoms with van der Waals surface area (Å²) >= 11 is 0. The van der Waals surface area contributed by atoms with Gasteiger partial charge in [-0.2, -0.15) is 0 Å². The molecule has 0 bridgehead atoms. The van der Waals surface area contributed by atoms with Gasteiger partial charge in [0, 0.05) is 24.2 Å². The van der Waals surface area contributed by atoms with E-state index >= 15 is 0 Å². The summed E-state index contributed by atoms with van der Waals surface area (Å²) in [5.74, 6) is 0.309. The monoisotopic (exact) mass is 289 g/mol. The first-order valence-corrected chi connectivity index (χ1v) is 6.76. The van der Waals surface area contributed by atoms with Gasteiger partial charge in [0.2, 0.25) is 5.82 Å². The number of aryl methyl sites for hydroxylation is 1. The maximum atomic E-state index is 12.1. The summed E-state index contributed by atoms with van der Waals surface area (Å²) in [6.07, 6.45) is 1.59. The molecular weight excluding hydrogens is 270 g/mol. The van der Waals surface area contributed by atoms with Crippen molar-refractivity contribution in [3.8, 4) is 0 Å². The van der Waals surface area contributed by atoms with E-state index in [0.717, 1.165) is 0 Å². The van der Waals surface area contributed by atoms with Crippen molar-refractivity contribution in [3.05, 3.63) is 40.3 Å². The second-order valence-electron chi connectivity index (χ2n) is 5.75. The minimum absolute atomic E-state index is 0.0779. The molecule has 21 heavy (non-hydrogen) atoms. The Morgan fingerprint density at radius 2 is 2.10 bits per heavy atom. The summed E-state index contributed by atoms with van der Waals surface area (Å²) < 4.78 is 1.51. The lowest BCUT2D eigenvalue weighted by Crippen LogP contribution is -2.20. The quantitative estimate of drug-likeness (QED) is 0.896. The molecule has 2 aromatic rings. The molecule has 2 N–H and O–H groups in total. The van der Waals surface area contributed by atoms with Crippen molar-refractivity contribution in [2.75, 3.05) is 5.32 Å². The number of H-pyrrole nitrogens is 1. The molecule has 0 fully saturated rings. The van der Waals surface area contributed by atoms with Crippen molar-refractivity contribution >= 4 is 11.6 Å². The molecule has 7 heteroatoms. The van der Waals surface area contributed by atoms with E-state index in [4.69, 9.17) is 0 Å². The molecule has 0 saturated heterocycles. The Hall–Kier alpha value is -2.44. The number of aromatic nitrogens is 4. The van der Waals surface area contributed by atoms with Crippen LogP contribution < -0.4 is 10.9 Å². The van der Waals surface area contributed by atoms with Crippen molar-refractivity contribution < 1.29 is 4.79 Å². The maximum Gasteiger partial charge on any atom is 0.295 e. The molecule has 0 spiro atoms. The van der Waals surface area contributed by atoms with Crippen LogP contribution in [0.3, 0.4) is 0 Å². The van der Waals surface area contributed by atoms with Gasteiger partial charge >= 0.3 is 0 Å². The summed E-state index contributed by atoms with van der Waals surface area (Å²) in [6.45, 7) is 8.33. The number of hydrogen-bond donors (Lipinski definition) is 2. The van der Waals surface area contributed by atoms with E-state index in [2.05, 4.69) is 20.5 Å². The Kier molecular flexibility index (Phi) is 3.93. The fourth-order valence-electron chi connectivity index (χ4n) is 1.74. The molecule has 0 aliphatic heterocycles. The summed E-state index contributed by atoms with van der Waals surface area (Å²) in [5, 5.41) is 9.37. The highest BCUT2D eigenvalue weighted by atomic mass is 16.2. The molecular formula is C14H19N5O2. The van der Waals surface area contributed by atoms with E-state index < -0.39 is 5.91 Å². The van der Waals surface area contributed by atoms with Crippen LogP contribution in [-0.4, -0.2) is 25.7 Å². The number of hydrogen-bond acceptors (Lipinski definition) is 4. The molecule has 0 aromatic carbocycles. The van der Waals surface area contributed by atoms with Gasteiger partial charge in [-0.15, -0.1) is 5.10 Å². The van der Waals surface area contributed by atoms with E-state index in [1.165, 1.54) is 10.6 Å². The third kappa shape index (κ3) is 3.36. The molecule has 0 unspecified atom stereocenters. The average molecular weight is 289 g/mol. The van der Waals surface area contributed by atoms with E-state index in [-0.39, 0.29) is 16.8 Å². The molecule has 112 valence electrons. The Morgan fingerprint density at radius 3 is 2.67 bits per heavy atom. The molecule has 0 radical (unpaired) electrons. The van der Waals surface area contributed by atoms with Gasteiger partial charge in [0.25, 0.3) is 11.5 Å². The molecule has 1 amide bonds. The van der Waals surface area contributed by atoms with Gasteiger partial charge in [-0.05, 0) is 13.0 Å². The predicted molar refractivity (Wildman–Crippen MR) is 79.4 cm³/mol. The highest BCUT2D eigenvalue weighted by Gasteiger charge is 2.21. The molecule has 2 aromatic heterocycles. The second-order valence-corrected chi connectivity index (χ2v) is 5.75. The summed E-state index contributed by atoms with van der Waals surface area (Å²) in [4.78, 5) is 27.8. The number of pyridine rings is 1. The van der Waals surface area contributed by atoms with Crippen LogP contribution in [0.2, 0.25) is 0 Å². The Bertz CT molecular complexity index is 709. The molecule has 0 atom stereocenters. The van der Waals surface area contributed by atoms with E-state index in [1.54, 1.807) is 12.3 Å². The number of nitrogens with zero attached hydrogens (tertiary/aromatic N) is 3. The third-order valence-electron chi connectivity index (χ3n) is 2.98. The third-order valence-corrected chi connectivity index (χ3v) is 2.98. The average Bonchev–Trinajstić information content (AvgIpc) is 2.90. The smallest absolute Gasteiger partial charge is 0.295 e. The minimum Gasteiger partial charge on any atom is -0.318 e. The summed E-state index contributed by atoms with van der Waals surface area (Å²) in [6, 6.07) is 2.97. The number of carbonyl (C=O) groups is 1. The van der Waals surface area contributed by atoms with Crippen molar-refractivity contribution in [2.45, 2.75) is 39.7 Å². The Balaban J connectivity index is 2.18. The molecule has 0 aliphatic carbocycles. The minimum atomic E-state index is -0.414. The van der Waals surface area contributed by atoms with Crippen LogP contribution in [0.5, 0.6) is 0 Å². The van der Waals surface area contributed by atoms with Crippen LogP contribution in [0.1, 0.15) is 44.1 Å². The zero-order valence-electron chi connectivity index (χ0n) is 12.6. The normalized spacial score (nSPS) is 11.4. The van der Waals surface area contributed by atoms with Gasteiger partial charge in [-0.3, -0.25) is 14.7 Å². The highest BCUT2D eigenvalue weighted by molar-refractivity contribution is 6.01. The molecule has 2 heterocycles. The van der Waals surface area contributed by atoms with Crippen LogP contribution in [0.15, 0.2) is 23.1 Å². The van der Waals surface area contributed by atoms with E-state index in [9.17, 15) is 9.59 Å². The molecule has 0 saturated carbocycles. The van der Waals surface area contributed by atoms with Crippen LogP contribution in [0.25, 0.3) is 0 Å². The number of anilines is 1. The maximum absolute atomic E-state index is 12.1. The lowest BCUT2D eigenvalue weighted by Gasteiger charge is -2.12. The second kappa shape index (κ2) is 5.51. The first kappa shape index (κ1) is 15.0. The first-order valence-electron chi connectivity index (χ1n) is 6.76. The summed E-state index contributed by atoms with van der Waals surface area (Å²) in [5.41, 5.74) is 0.216. The SMILES string of the molecule is CCn1cc(NC(=O)c2n[nH]c(C(C)(C)C)n2)ccc1=O. The number of nitrogens with one attached hydrogen (secondary N) is 2. The zero-order valence-corrected chi connectivity index (χ0v) is 12.6. The van der Waals surface area contributed by atoms with Crippen molar-refractivity contribution in [1.29, 1.82) is 0 Å². The van der Waals surface area contributed by atoms with Crippen molar-refractivity contribution in [1.82, 2.24) is 19.7 Å². The van der Waals surface area contributed by atoms with E-state index in [0.29, 0.717) is 18.1 Å². The van der Waals surface area contributed by atoms with Gasteiger partial charge in [0.1, 0.15) is 5.82 Å². The van der Waals surface area contributed by atoms with Crippen molar-refractivity contribution in [2.24, 2.45) is 0 Å². The van der Waals surface area contributed by atoms with Crippen LogP contribution in [0, 0.1) is 0 Å². The fourth-order valence-corrected chi connectivity index (χ4v) is 1.74. The zero-order chi connectivity index (χ0) is 15.6. The Morgan fingerprint density at radius 1 is 1.38 bits per heavy atom. The van der Waals surface area contributed by atoms with Gasteiger partial charge < -0.3 is 9.88 Å². The van der Waals surface area contributed by atoms with Crippen LogP contribution in [-0.2, 0) is 12.0 Å². The standard InChI is InChI=1S/C14H19N5O2/c1-5-19-8-9(6-7-10(19)20)15-12(21)11-16-13(18-17-11)14(2,3)4/h6-8H,5H2,1-4H3,(H,15,21)(H,16,17,18). The molecule has 7 nitrogen and oxygen atoms in total. The van der Waals surface area contributed by atoms with Gasteiger partial charge in [0.05, 0.1) is 5.69 Å². The number of rotatable bonds is 3. The number of carbonyl (C=O) groups excluding carboxylic acids is 1. The lowest BCUT2D eigenvalue weighted by atomic mass is 9.96. The fraction of sp³-hybridized carbons (Fsp3) is 0.429. The summed E-state index contributed by atoms with van der Waals surface area (Å²) in [7, 11) is 0. The van der Waals surface area contributed by atoms with Gasteiger partial charge in [-0.1, -0.05) is 20.8 Å².